The molecule has 32 heavy (non-hydrogen) atoms. The van der Waals surface area contributed by atoms with E-state index >= 15 is 0 Å². The molecule has 2 aromatic carbocycles. The van der Waals surface area contributed by atoms with Crippen molar-refractivity contribution in [1.29, 1.82) is 0 Å². The second kappa shape index (κ2) is 9.77. The summed E-state index contributed by atoms with van der Waals surface area (Å²) < 4.78 is 18.4. The van der Waals surface area contributed by atoms with E-state index < -0.39 is 0 Å². The first-order valence-electron chi connectivity index (χ1n) is 10.8. The number of benzene rings is 2. The van der Waals surface area contributed by atoms with E-state index in [1.54, 1.807) is 33.5 Å². The number of piperidine rings is 1. The zero-order chi connectivity index (χ0) is 22.5. The molecular formula is C25H29N3O4. The Morgan fingerprint density at radius 2 is 1.66 bits per heavy atom. The second-order valence-electron chi connectivity index (χ2n) is 7.92. The number of nitrogens with zero attached hydrogens (tertiary/aromatic N) is 3. The summed E-state index contributed by atoms with van der Waals surface area (Å²) in [6.07, 6.45) is 5.78. The zero-order valence-corrected chi connectivity index (χ0v) is 18.8. The minimum Gasteiger partial charge on any atom is -0.493 e. The van der Waals surface area contributed by atoms with Gasteiger partial charge in [-0.05, 0) is 30.9 Å². The van der Waals surface area contributed by atoms with Crippen LogP contribution in [0, 0.1) is 5.92 Å². The van der Waals surface area contributed by atoms with E-state index in [4.69, 9.17) is 14.2 Å². The first-order chi connectivity index (χ1) is 15.6. The molecule has 3 aromatic rings. The number of hydrogen-bond donors (Lipinski definition) is 0. The predicted octanol–water partition coefficient (Wildman–Crippen LogP) is 4.13. The third-order valence-electron chi connectivity index (χ3n) is 6.02. The maximum Gasteiger partial charge on any atom is 0.254 e. The number of carbonyl (C=O) groups is 1. The quantitative estimate of drug-likeness (QED) is 0.558. The van der Waals surface area contributed by atoms with Gasteiger partial charge in [-0.3, -0.25) is 4.79 Å². The van der Waals surface area contributed by atoms with Crippen LogP contribution in [-0.4, -0.2) is 54.8 Å². The van der Waals surface area contributed by atoms with Gasteiger partial charge in [-0.2, -0.15) is 0 Å². The molecule has 0 unspecified atom stereocenters. The third-order valence-corrected chi connectivity index (χ3v) is 6.02. The molecule has 0 bridgehead atoms. The third kappa shape index (κ3) is 4.42. The van der Waals surface area contributed by atoms with Gasteiger partial charge < -0.3 is 23.7 Å². The molecule has 1 saturated heterocycles. The first kappa shape index (κ1) is 21.7. The molecule has 1 aliphatic heterocycles. The SMILES string of the molecule is COc1cc(C(=O)N2CCC(Cn3ccnc3-c3ccccc3)CC2)cc(OC)c1OC. The summed E-state index contributed by atoms with van der Waals surface area (Å²) in [4.78, 5) is 19.6. The van der Waals surface area contributed by atoms with Gasteiger partial charge in [0, 0.05) is 43.2 Å². The predicted molar refractivity (Wildman–Crippen MR) is 122 cm³/mol. The van der Waals surface area contributed by atoms with Crippen molar-refractivity contribution in [2.75, 3.05) is 34.4 Å². The van der Waals surface area contributed by atoms with Crippen LogP contribution < -0.4 is 14.2 Å². The van der Waals surface area contributed by atoms with E-state index in [2.05, 4.69) is 21.7 Å². The molecule has 0 spiro atoms. The molecule has 7 heteroatoms. The highest BCUT2D eigenvalue weighted by Gasteiger charge is 2.26. The summed E-state index contributed by atoms with van der Waals surface area (Å²) in [5, 5.41) is 0. The Labute approximate surface area is 188 Å². The molecule has 168 valence electrons. The van der Waals surface area contributed by atoms with Crippen molar-refractivity contribution < 1.29 is 19.0 Å². The molecule has 0 radical (unpaired) electrons. The highest BCUT2D eigenvalue weighted by molar-refractivity contribution is 5.95. The van der Waals surface area contributed by atoms with E-state index in [-0.39, 0.29) is 5.91 Å². The van der Waals surface area contributed by atoms with Gasteiger partial charge in [0.1, 0.15) is 5.82 Å². The van der Waals surface area contributed by atoms with Crippen LogP contribution in [0.4, 0.5) is 0 Å². The molecule has 0 aliphatic carbocycles. The summed E-state index contributed by atoms with van der Waals surface area (Å²) in [5.74, 6) is 2.92. The van der Waals surface area contributed by atoms with Crippen molar-refractivity contribution in [3.8, 4) is 28.6 Å². The standard InChI is InChI=1S/C25H29N3O4/c1-30-21-15-20(16-22(31-2)23(21)32-3)25(29)27-12-9-18(10-13-27)17-28-14-11-26-24(28)19-7-5-4-6-8-19/h4-8,11,14-16,18H,9-10,12-13,17H2,1-3H3. The van der Waals surface area contributed by atoms with Gasteiger partial charge in [0.05, 0.1) is 21.3 Å². The number of amides is 1. The lowest BCUT2D eigenvalue weighted by atomic mass is 9.96. The Balaban J connectivity index is 1.42. The van der Waals surface area contributed by atoms with Gasteiger partial charge in [-0.25, -0.2) is 4.98 Å². The minimum atomic E-state index is -0.0182. The lowest BCUT2D eigenvalue weighted by molar-refractivity contribution is 0.0682. The fourth-order valence-electron chi connectivity index (χ4n) is 4.29. The number of likely N-dealkylation sites (tertiary alicyclic amines) is 1. The van der Waals surface area contributed by atoms with E-state index in [0.29, 0.717) is 28.7 Å². The average molecular weight is 436 g/mol. The Bertz CT molecular complexity index is 1030. The van der Waals surface area contributed by atoms with Gasteiger partial charge >= 0.3 is 0 Å². The van der Waals surface area contributed by atoms with Gasteiger partial charge in [-0.15, -0.1) is 0 Å². The maximum atomic E-state index is 13.2. The molecule has 1 aliphatic rings. The summed E-state index contributed by atoms with van der Waals surface area (Å²) >= 11 is 0. The largest absolute Gasteiger partial charge is 0.493 e. The van der Waals surface area contributed by atoms with Crippen LogP contribution in [0.1, 0.15) is 23.2 Å². The number of imidazole rings is 1. The van der Waals surface area contributed by atoms with Crippen molar-refractivity contribution in [3.05, 3.63) is 60.4 Å². The van der Waals surface area contributed by atoms with Crippen molar-refractivity contribution >= 4 is 5.91 Å². The van der Waals surface area contributed by atoms with Crippen LogP contribution in [-0.2, 0) is 6.54 Å². The van der Waals surface area contributed by atoms with E-state index in [1.165, 1.54) is 0 Å². The summed E-state index contributed by atoms with van der Waals surface area (Å²) in [5.41, 5.74) is 1.66. The van der Waals surface area contributed by atoms with Crippen LogP contribution in [0.5, 0.6) is 17.2 Å². The smallest absolute Gasteiger partial charge is 0.254 e. The lowest BCUT2D eigenvalue weighted by Crippen LogP contribution is -2.39. The molecule has 7 nitrogen and oxygen atoms in total. The first-order valence-corrected chi connectivity index (χ1v) is 10.8. The molecule has 2 heterocycles. The van der Waals surface area contributed by atoms with Crippen molar-refractivity contribution in [1.82, 2.24) is 14.5 Å². The zero-order valence-electron chi connectivity index (χ0n) is 18.8. The van der Waals surface area contributed by atoms with Crippen LogP contribution >= 0.6 is 0 Å². The topological polar surface area (TPSA) is 65.8 Å². The van der Waals surface area contributed by atoms with E-state index in [9.17, 15) is 4.79 Å². The highest BCUT2D eigenvalue weighted by Crippen LogP contribution is 2.38. The van der Waals surface area contributed by atoms with Crippen LogP contribution in [0.15, 0.2) is 54.9 Å². The Morgan fingerprint density at radius 1 is 1.00 bits per heavy atom. The van der Waals surface area contributed by atoms with Crippen LogP contribution in [0.25, 0.3) is 11.4 Å². The number of aromatic nitrogens is 2. The lowest BCUT2D eigenvalue weighted by Gasteiger charge is -2.32. The number of hydrogen-bond acceptors (Lipinski definition) is 5. The monoisotopic (exact) mass is 435 g/mol. The molecule has 1 aromatic heterocycles. The van der Waals surface area contributed by atoms with Gasteiger partial charge in [-0.1, -0.05) is 30.3 Å². The van der Waals surface area contributed by atoms with Crippen molar-refractivity contribution in [2.45, 2.75) is 19.4 Å². The van der Waals surface area contributed by atoms with Crippen LogP contribution in [0.3, 0.4) is 0 Å². The van der Waals surface area contributed by atoms with Crippen molar-refractivity contribution in [2.24, 2.45) is 5.92 Å². The molecule has 1 amide bonds. The molecule has 0 atom stereocenters. The normalized spacial score (nSPS) is 14.3. The van der Waals surface area contributed by atoms with Crippen LogP contribution in [0.2, 0.25) is 0 Å². The van der Waals surface area contributed by atoms with Gasteiger partial charge in [0.2, 0.25) is 5.75 Å². The maximum absolute atomic E-state index is 13.2. The number of methoxy groups -OCH3 is 3. The number of ether oxygens (including phenoxy) is 3. The molecule has 0 saturated carbocycles. The average Bonchev–Trinajstić information content (AvgIpc) is 3.31. The Kier molecular flexibility index (Phi) is 6.63. The molecular weight excluding hydrogens is 406 g/mol. The van der Waals surface area contributed by atoms with E-state index in [1.807, 2.05) is 35.5 Å². The second-order valence-corrected chi connectivity index (χ2v) is 7.92. The summed E-state index contributed by atoms with van der Waals surface area (Å²) in [7, 11) is 4.66. The summed E-state index contributed by atoms with van der Waals surface area (Å²) in [6.45, 7) is 2.33. The highest BCUT2D eigenvalue weighted by atomic mass is 16.5. The fourth-order valence-corrected chi connectivity index (χ4v) is 4.29. The Hall–Kier alpha value is -3.48. The molecule has 4 rings (SSSR count). The molecule has 1 fully saturated rings. The van der Waals surface area contributed by atoms with E-state index in [0.717, 1.165) is 43.9 Å². The fraction of sp³-hybridized carbons (Fsp3) is 0.360. The summed E-state index contributed by atoms with van der Waals surface area (Å²) in [6, 6.07) is 13.7. The number of carbonyl (C=O) groups excluding carboxylic acids is 1. The van der Waals surface area contributed by atoms with Gasteiger partial charge in [0.25, 0.3) is 5.91 Å². The minimum absolute atomic E-state index is 0.0182. The number of rotatable bonds is 7. The van der Waals surface area contributed by atoms with Gasteiger partial charge in [0.15, 0.2) is 11.5 Å². The molecule has 0 N–H and O–H groups in total. The Morgan fingerprint density at radius 3 is 2.25 bits per heavy atom. The van der Waals surface area contributed by atoms with Crippen molar-refractivity contribution in [3.63, 3.8) is 0 Å².